The van der Waals surface area contributed by atoms with Gasteiger partial charge in [0, 0.05) is 0 Å². The summed E-state index contributed by atoms with van der Waals surface area (Å²) in [7, 11) is 0. The highest BCUT2D eigenvalue weighted by Crippen LogP contribution is 2.48. The second kappa shape index (κ2) is 6.05. The molecule has 2 fully saturated rings. The van der Waals surface area contributed by atoms with Gasteiger partial charge in [0.15, 0.2) is 0 Å². The third-order valence-corrected chi connectivity index (χ3v) is 5.84. The fraction of sp³-hybridized carbons (Fsp3) is 0.941. The summed E-state index contributed by atoms with van der Waals surface area (Å²) in [5.74, 6) is 0.613. The zero-order chi connectivity index (χ0) is 14.8. The van der Waals surface area contributed by atoms with Crippen LogP contribution in [0.1, 0.15) is 78.1 Å². The molecule has 2 saturated carbocycles. The van der Waals surface area contributed by atoms with Gasteiger partial charge >= 0.3 is 5.97 Å². The van der Waals surface area contributed by atoms with E-state index in [9.17, 15) is 15.0 Å². The van der Waals surface area contributed by atoms with Crippen molar-refractivity contribution in [1.29, 1.82) is 0 Å². The van der Waals surface area contributed by atoms with Crippen LogP contribution in [0.4, 0.5) is 0 Å². The van der Waals surface area contributed by atoms with Crippen LogP contribution in [0.5, 0.6) is 0 Å². The van der Waals surface area contributed by atoms with E-state index < -0.39 is 17.0 Å². The second-order valence-corrected chi connectivity index (χ2v) is 7.63. The van der Waals surface area contributed by atoms with E-state index in [1.807, 2.05) is 0 Å². The van der Waals surface area contributed by atoms with Crippen molar-refractivity contribution in [2.75, 3.05) is 0 Å². The van der Waals surface area contributed by atoms with E-state index in [1.165, 1.54) is 6.42 Å². The Morgan fingerprint density at radius 3 is 2.10 bits per heavy atom. The molecule has 2 aliphatic rings. The lowest BCUT2D eigenvalue weighted by Crippen LogP contribution is -2.45. The minimum Gasteiger partial charge on any atom is -0.481 e. The van der Waals surface area contributed by atoms with Crippen LogP contribution in [0.15, 0.2) is 0 Å². The van der Waals surface area contributed by atoms with Gasteiger partial charge in [-0.25, -0.2) is 0 Å². The average Bonchev–Trinajstić information content (AvgIpc) is 2.39. The summed E-state index contributed by atoms with van der Waals surface area (Å²) in [5, 5.41) is 20.5. The first-order valence-electron chi connectivity index (χ1n) is 8.33. The first-order valence-corrected chi connectivity index (χ1v) is 8.33. The molecule has 0 saturated heterocycles. The minimum atomic E-state index is -0.721. The molecule has 3 heteroatoms. The van der Waals surface area contributed by atoms with Crippen molar-refractivity contribution >= 4 is 5.97 Å². The molecule has 0 spiro atoms. The van der Waals surface area contributed by atoms with Gasteiger partial charge in [-0.05, 0) is 56.8 Å². The lowest BCUT2D eigenvalue weighted by Gasteiger charge is -2.44. The van der Waals surface area contributed by atoms with Crippen LogP contribution in [-0.2, 0) is 4.79 Å². The van der Waals surface area contributed by atoms with Gasteiger partial charge in [0.05, 0.1) is 11.0 Å². The molecule has 0 bridgehead atoms. The van der Waals surface area contributed by atoms with Gasteiger partial charge in [-0.3, -0.25) is 4.79 Å². The maximum atomic E-state index is 11.9. The van der Waals surface area contributed by atoms with Crippen LogP contribution in [-0.4, -0.2) is 21.8 Å². The Balaban J connectivity index is 2.06. The molecule has 0 radical (unpaired) electrons. The predicted octanol–water partition coefficient (Wildman–Crippen LogP) is 3.99. The third-order valence-electron chi connectivity index (χ3n) is 5.84. The van der Waals surface area contributed by atoms with E-state index in [0.29, 0.717) is 18.3 Å². The molecule has 20 heavy (non-hydrogen) atoms. The van der Waals surface area contributed by atoms with Crippen LogP contribution >= 0.6 is 0 Å². The number of aliphatic carboxylic acids is 1. The number of hydrogen-bond acceptors (Lipinski definition) is 2. The van der Waals surface area contributed by atoms with Gasteiger partial charge in [-0.15, -0.1) is 0 Å². The molecular weight excluding hydrogens is 252 g/mol. The van der Waals surface area contributed by atoms with Crippen LogP contribution in [0.2, 0.25) is 0 Å². The second-order valence-electron chi connectivity index (χ2n) is 7.63. The molecule has 0 atom stereocenters. The Kier molecular flexibility index (Phi) is 4.78. The van der Waals surface area contributed by atoms with E-state index in [2.05, 4.69) is 13.8 Å². The third kappa shape index (κ3) is 3.36. The van der Waals surface area contributed by atoms with Crippen molar-refractivity contribution in [3.63, 3.8) is 0 Å². The Morgan fingerprint density at radius 2 is 1.65 bits per heavy atom. The highest BCUT2D eigenvalue weighted by atomic mass is 16.4. The topological polar surface area (TPSA) is 57.5 Å². The van der Waals surface area contributed by atoms with Crippen molar-refractivity contribution in [2.45, 2.75) is 83.7 Å². The molecule has 0 aromatic heterocycles. The average molecular weight is 282 g/mol. The van der Waals surface area contributed by atoms with Crippen molar-refractivity contribution in [2.24, 2.45) is 17.3 Å². The largest absolute Gasteiger partial charge is 0.481 e. The summed E-state index contributed by atoms with van der Waals surface area (Å²) >= 11 is 0. The van der Waals surface area contributed by atoms with E-state index in [4.69, 9.17) is 0 Å². The number of hydrogen-bond donors (Lipinski definition) is 2. The van der Waals surface area contributed by atoms with E-state index in [1.54, 1.807) is 0 Å². The van der Waals surface area contributed by atoms with E-state index >= 15 is 0 Å². The van der Waals surface area contributed by atoms with Crippen LogP contribution in [0.3, 0.4) is 0 Å². The van der Waals surface area contributed by atoms with Crippen molar-refractivity contribution in [3.8, 4) is 0 Å². The summed E-state index contributed by atoms with van der Waals surface area (Å²) in [6.45, 7) is 4.46. The highest BCUT2D eigenvalue weighted by Gasteiger charge is 2.47. The van der Waals surface area contributed by atoms with Gasteiger partial charge in [0.1, 0.15) is 0 Å². The first-order chi connectivity index (χ1) is 9.37. The van der Waals surface area contributed by atoms with Gasteiger partial charge < -0.3 is 10.2 Å². The molecule has 116 valence electrons. The maximum Gasteiger partial charge on any atom is 0.309 e. The van der Waals surface area contributed by atoms with E-state index in [0.717, 1.165) is 51.4 Å². The van der Waals surface area contributed by atoms with Crippen molar-refractivity contribution in [1.82, 2.24) is 0 Å². The molecule has 2 rings (SSSR count). The van der Waals surface area contributed by atoms with Gasteiger partial charge in [-0.1, -0.05) is 33.1 Å². The molecule has 0 unspecified atom stereocenters. The normalized spacial score (nSPS) is 34.1. The Morgan fingerprint density at radius 1 is 1.10 bits per heavy atom. The number of rotatable bonds is 4. The molecule has 0 aliphatic heterocycles. The van der Waals surface area contributed by atoms with Crippen LogP contribution in [0.25, 0.3) is 0 Å². The Hall–Kier alpha value is -0.570. The zero-order valence-electron chi connectivity index (χ0n) is 13.0. The Labute approximate surface area is 122 Å². The van der Waals surface area contributed by atoms with Crippen molar-refractivity contribution in [3.05, 3.63) is 0 Å². The summed E-state index contributed by atoms with van der Waals surface area (Å²) in [6.07, 6.45) is 8.80. The summed E-state index contributed by atoms with van der Waals surface area (Å²) < 4.78 is 0. The van der Waals surface area contributed by atoms with Crippen molar-refractivity contribution < 1.29 is 15.0 Å². The van der Waals surface area contributed by atoms with Crippen LogP contribution in [0, 0.1) is 17.3 Å². The number of carboxylic acid groups (broad SMARTS) is 1. The molecule has 2 aliphatic carbocycles. The molecule has 3 nitrogen and oxygen atoms in total. The fourth-order valence-electron chi connectivity index (χ4n) is 4.34. The van der Waals surface area contributed by atoms with E-state index in [-0.39, 0.29) is 0 Å². The maximum absolute atomic E-state index is 11.9. The zero-order valence-corrected chi connectivity index (χ0v) is 13.0. The lowest BCUT2D eigenvalue weighted by molar-refractivity contribution is -0.159. The fourth-order valence-corrected chi connectivity index (χ4v) is 4.34. The van der Waals surface area contributed by atoms with Gasteiger partial charge in [0.2, 0.25) is 0 Å². The monoisotopic (exact) mass is 282 g/mol. The quantitative estimate of drug-likeness (QED) is 0.819. The minimum absolute atomic E-state index is 0.472. The summed E-state index contributed by atoms with van der Waals surface area (Å²) in [5.41, 5.74) is -1.39. The number of carbonyl (C=O) groups is 1. The predicted molar refractivity (Wildman–Crippen MR) is 79.5 cm³/mol. The molecule has 0 aromatic rings. The summed E-state index contributed by atoms with van der Waals surface area (Å²) in [6, 6.07) is 0. The molecule has 0 heterocycles. The molecule has 0 aromatic carbocycles. The van der Waals surface area contributed by atoms with Gasteiger partial charge in [0.25, 0.3) is 0 Å². The molecular formula is C17H30O3. The van der Waals surface area contributed by atoms with Crippen LogP contribution < -0.4 is 0 Å². The molecule has 0 amide bonds. The first kappa shape index (κ1) is 15.8. The number of carboxylic acids is 1. The highest BCUT2D eigenvalue weighted by molar-refractivity contribution is 5.75. The Bertz CT molecular complexity index is 334. The summed E-state index contributed by atoms with van der Waals surface area (Å²) in [4.78, 5) is 11.9. The molecule has 2 N–H and O–H groups in total. The lowest BCUT2D eigenvalue weighted by atomic mass is 9.62. The smallest absolute Gasteiger partial charge is 0.309 e. The SMILES string of the molecule is CC(C)C1CCC(CC2(O)CCCCC2)(C(=O)O)CC1. The standard InChI is InChI=1S/C17H30O3/c1-13(2)14-6-10-16(11-7-14,15(18)19)12-17(20)8-4-3-5-9-17/h13-14,20H,3-12H2,1-2H3,(H,18,19). The number of aliphatic hydroxyl groups is 1. The van der Waals surface area contributed by atoms with Gasteiger partial charge in [-0.2, -0.15) is 0 Å².